The van der Waals surface area contributed by atoms with Crippen molar-refractivity contribution in [3.05, 3.63) is 0 Å². The monoisotopic (exact) mass is 442 g/mol. The van der Waals surface area contributed by atoms with E-state index in [0.29, 0.717) is 19.6 Å². The van der Waals surface area contributed by atoms with Crippen LogP contribution in [0.3, 0.4) is 0 Å². The highest BCUT2D eigenvalue weighted by atomic mass is 16.6. The van der Waals surface area contributed by atoms with Gasteiger partial charge in [0.25, 0.3) is 0 Å². The predicted octanol–water partition coefficient (Wildman–Crippen LogP) is 7.75. The van der Waals surface area contributed by atoms with Gasteiger partial charge in [-0.2, -0.15) is 0 Å². The van der Waals surface area contributed by atoms with Crippen LogP contribution in [0, 0.1) is 0 Å². The van der Waals surface area contributed by atoms with Crippen LogP contribution in [0.25, 0.3) is 0 Å². The zero-order chi connectivity index (χ0) is 22.8. The third-order valence-electron chi connectivity index (χ3n) is 5.93. The molecular formula is C27H54O4. The van der Waals surface area contributed by atoms with E-state index in [9.17, 15) is 9.90 Å². The Labute approximate surface area is 193 Å². The fourth-order valence-corrected chi connectivity index (χ4v) is 3.86. The van der Waals surface area contributed by atoms with Gasteiger partial charge in [0.05, 0.1) is 13.2 Å². The number of unbranched alkanes of at least 4 members (excludes halogenated alkanes) is 17. The molecular weight excluding hydrogens is 388 g/mol. The van der Waals surface area contributed by atoms with Gasteiger partial charge in [-0.25, -0.2) is 0 Å². The molecule has 0 aromatic carbocycles. The number of carbonyl (C=O) groups is 1. The van der Waals surface area contributed by atoms with Crippen LogP contribution >= 0.6 is 0 Å². The Morgan fingerprint density at radius 2 is 1.06 bits per heavy atom. The molecule has 1 N–H and O–H groups in total. The normalized spacial score (nSPS) is 12.2. The van der Waals surface area contributed by atoms with Crippen molar-refractivity contribution in [3.63, 3.8) is 0 Å². The van der Waals surface area contributed by atoms with Gasteiger partial charge in [0, 0.05) is 13.0 Å². The molecule has 1 atom stereocenters. The van der Waals surface area contributed by atoms with Crippen LogP contribution in [0.2, 0.25) is 0 Å². The Kier molecular flexibility index (Phi) is 25.1. The molecule has 1 unspecified atom stereocenters. The highest BCUT2D eigenvalue weighted by Gasteiger charge is 2.13. The van der Waals surface area contributed by atoms with E-state index in [1.807, 2.05) is 0 Å². The molecule has 0 rings (SSSR count). The van der Waals surface area contributed by atoms with Gasteiger partial charge in [0.15, 0.2) is 0 Å². The van der Waals surface area contributed by atoms with Gasteiger partial charge in [-0.05, 0) is 12.8 Å². The number of aliphatic hydroxyl groups excluding tert-OH is 1. The minimum Gasteiger partial charge on any atom is -0.457 e. The summed E-state index contributed by atoms with van der Waals surface area (Å²) >= 11 is 0. The summed E-state index contributed by atoms with van der Waals surface area (Å²) in [5, 5.41) is 9.40. The molecule has 0 radical (unpaired) electrons. The molecule has 31 heavy (non-hydrogen) atoms. The molecule has 0 aromatic heterocycles. The van der Waals surface area contributed by atoms with E-state index in [1.54, 1.807) is 0 Å². The molecule has 0 fully saturated rings. The first kappa shape index (κ1) is 30.4. The van der Waals surface area contributed by atoms with Crippen molar-refractivity contribution in [1.29, 1.82) is 0 Å². The summed E-state index contributed by atoms with van der Waals surface area (Å²) in [5.41, 5.74) is 0. The van der Waals surface area contributed by atoms with Gasteiger partial charge in [0.2, 0.25) is 0 Å². The van der Waals surface area contributed by atoms with Gasteiger partial charge < -0.3 is 14.6 Å². The smallest absolute Gasteiger partial charge is 0.306 e. The number of hydrogen-bond acceptors (Lipinski definition) is 4. The largest absolute Gasteiger partial charge is 0.457 e. The second-order valence-corrected chi connectivity index (χ2v) is 9.13. The Balaban J connectivity index is 3.39. The summed E-state index contributed by atoms with van der Waals surface area (Å²) in [7, 11) is 0. The van der Waals surface area contributed by atoms with E-state index in [4.69, 9.17) is 9.47 Å². The molecule has 4 nitrogen and oxygen atoms in total. The van der Waals surface area contributed by atoms with E-state index >= 15 is 0 Å². The summed E-state index contributed by atoms with van der Waals surface area (Å²) in [6.07, 6.45) is 24.2. The maximum atomic E-state index is 11.9. The molecule has 186 valence electrons. The zero-order valence-corrected chi connectivity index (χ0v) is 21.0. The van der Waals surface area contributed by atoms with E-state index in [2.05, 4.69) is 13.8 Å². The fraction of sp³-hybridized carbons (Fsp3) is 0.963. The maximum absolute atomic E-state index is 11.9. The standard InChI is InChI=1S/C27H54O4/c1-3-5-7-9-11-12-13-14-15-16-17-19-21-23-30-25-26(24-28)31-27(29)22-20-18-10-8-6-4-2/h26,28H,3-25H2,1-2H3. The molecule has 0 aliphatic carbocycles. The topological polar surface area (TPSA) is 55.8 Å². The van der Waals surface area contributed by atoms with Gasteiger partial charge in [-0.15, -0.1) is 0 Å². The van der Waals surface area contributed by atoms with Crippen LogP contribution in [-0.4, -0.2) is 37.0 Å². The molecule has 4 heteroatoms. The zero-order valence-electron chi connectivity index (χ0n) is 21.0. The molecule has 0 amide bonds. The summed E-state index contributed by atoms with van der Waals surface area (Å²) in [4.78, 5) is 11.9. The van der Waals surface area contributed by atoms with Gasteiger partial charge in [-0.1, -0.05) is 123 Å². The first-order chi connectivity index (χ1) is 15.2. The Morgan fingerprint density at radius 1 is 0.645 bits per heavy atom. The minimum atomic E-state index is -0.519. The fourth-order valence-electron chi connectivity index (χ4n) is 3.86. The minimum absolute atomic E-state index is 0.166. The summed E-state index contributed by atoms with van der Waals surface area (Å²) in [6, 6.07) is 0. The second kappa shape index (κ2) is 25.6. The second-order valence-electron chi connectivity index (χ2n) is 9.13. The molecule has 0 saturated carbocycles. The number of aliphatic hydroxyl groups is 1. The summed E-state index contributed by atoms with van der Waals surface area (Å²) in [6.45, 7) is 5.29. The molecule has 0 aliphatic heterocycles. The van der Waals surface area contributed by atoms with Gasteiger partial charge >= 0.3 is 5.97 Å². The van der Waals surface area contributed by atoms with E-state index in [0.717, 1.165) is 19.3 Å². The number of carbonyl (C=O) groups excluding carboxylic acids is 1. The van der Waals surface area contributed by atoms with Crippen LogP contribution in [0.15, 0.2) is 0 Å². The lowest BCUT2D eigenvalue weighted by Gasteiger charge is -2.15. The Morgan fingerprint density at radius 3 is 1.52 bits per heavy atom. The van der Waals surface area contributed by atoms with Crippen LogP contribution in [0.4, 0.5) is 0 Å². The van der Waals surface area contributed by atoms with Crippen molar-refractivity contribution in [1.82, 2.24) is 0 Å². The highest BCUT2D eigenvalue weighted by molar-refractivity contribution is 5.69. The third-order valence-corrected chi connectivity index (χ3v) is 5.93. The molecule has 0 spiro atoms. The number of rotatable bonds is 25. The molecule has 0 aromatic rings. The van der Waals surface area contributed by atoms with Crippen molar-refractivity contribution >= 4 is 5.97 Å². The molecule has 0 bridgehead atoms. The first-order valence-corrected chi connectivity index (χ1v) is 13.6. The lowest BCUT2D eigenvalue weighted by molar-refractivity contribution is -0.154. The number of hydrogen-bond donors (Lipinski definition) is 1. The van der Waals surface area contributed by atoms with Gasteiger partial charge in [-0.3, -0.25) is 4.79 Å². The molecule has 0 saturated heterocycles. The SMILES string of the molecule is CCCCCCCCCCCCCCCOCC(CO)OC(=O)CCCCCCCC. The lowest BCUT2D eigenvalue weighted by atomic mass is 10.0. The summed E-state index contributed by atoms with van der Waals surface area (Å²) < 4.78 is 11.0. The quantitative estimate of drug-likeness (QED) is 0.116. The van der Waals surface area contributed by atoms with Crippen molar-refractivity contribution in [3.8, 4) is 0 Å². The number of ether oxygens (including phenoxy) is 2. The molecule has 0 heterocycles. The predicted molar refractivity (Wildman–Crippen MR) is 131 cm³/mol. The van der Waals surface area contributed by atoms with Crippen molar-refractivity contribution in [2.24, 2.45) is 0 Å². The lowest BCUT2D eigenvalue weighted by Crippen LogP contribution is -2.27. The van der Waals surface area contributed by atoms with Crippen LogP contribution < -0.4 is 0 Å². The Bertz CT molecular complexity index is 359. The van der Waals surface area contributed by atoms with Crippen LogP contribution in [0.1, 0.15) is 142 Å². The maximum Gasteiger partial charge on any atom is 0.306 e. The number of esters is 1. The van der Waals surface area contributed by atoms with Crippen LogP contribution in [-0.2, 0) is 14.3 Å². The first-order valence-electron chi connectivity index (χ1n) is 13.6. The average molecular weight is 443 g/mol. The summed E-state index contributed by atoms with van der Waals surface area (Å²) in [5.74, 6) is -0.209. The average Bonchev–Trinajstić information content (AvgIpc) is 2.77. The van der Waals surface area contributed by atoms with E-state index in [-0.39, 0.29) is 12.6 Å². The van der Waals surface area contributed by atoms with Crippen molar-refractivity contribution in [2.75, 3.05) is 19.8 Å². The highest BCUT2D eigenvalue weighted by Crippen LogP contribution is 2.13. The van der Waals surface area contributed by atoms with Crippen LogP contribution in [0.5, 0.6) is 0 Å². The van der Waals surface area contributed by atoms with Crippen molar-refractivity contribution < 1.29 is 19.4 Å². The Hall–Kier alpha value is -0.610. The molecule has 0 aliphatic rings. The van der Waals surface area contributed by atoms with Gasteiger partial charge in [0.1, 0.15) is 6.10 Å². The third kappa shape index (κ3) is 23.9. The van der Waals surface area contributed by atoms with Crippen molar-refractivity contribution in [2.45, 2.75) is 148 Å². The van der Waals surface area contributed by atoms with E-state index < -0.39 is 6.10 Å². The van der Waals surface area contributed by atoms with E-state index in [1.165, 1.54) is 103 Å².